The molecule has 122 valence electrons. The molecule has 1 aromatic rings. The topological polar surface area (TPSA) is 66.8 Å². The summed E-state index contributed by atoms with van der Waals surface area (Å²) in [6.07, 6.45) is 0.318. The molecule has 5 nitrogen and oxygen atoms in total. The Labute approximate surface area is 135 Å². The van der Waals surface area contributed by atoms with E-state index in [2.05, 4.69) is 13.2 Å². The fraction of sp³-hybridized carbons (Fsp3) is 0.333. The van der Waals surface area contributed by atoms with Crippen LogP contribution in [0.1, 0.15) is 13.3 Å². The standard InChI is InChI=1S/C18H21NO4/c1-4-5-11-19-15(16(21)12(2)13(3)20)17(18(19)22)23-14-9-7-6-8-10-14/h4,6-10,15-17,21H,1-2,5,11H2,3H3/t15-,16+,17+/m0/s1. The number of benzene rings is 1. The molecule has 23 heavy (non-hydrogen) atoms. The van der Waals surface area contributed by atoms with Gasteiger partial charge in [-0.15, -0.1) is 6.58 Å². The number of β-lactam (4-membered cyclic amide) rings is 1. The quantitative estimate of drug-likeness (QED) is 0.451. The van der Waals surface area contributed by atoms with Crippen molar-refractivity contribution in [3.63, 3.8) is 0 Å². The first-order chi connectivity index (χ1) is 11.0. The third kappa shape index (κ3) is 3.51. The molecule has 0 spiro atoms. The Kier molecular flexibility index (Phi) is 5.34. The summed E-state index contributed by atoms with van der Waals surface area (Å²) in [5.74, 6) is 0.0231. The Bertz CT molecular complexity index is 611. The molecule has 1 saturated heterocycles. The molecule has 1 fully saturated rings. The second-order valence-corrected chi connectivity index (χ2v) is 5.48. The van der Waals surface area contributed by atoms with Crippen molar-refractivity contribution in [1.29, 1.82) is 0 Å². The maximum absolute atomic E-state index is 12.3. The largest absolute Gasteiger partial charge is 0.478 e. The Hall–Kier alpha value is -2.40. The van der Waals surface area contributed by atoms with Gasteiger partial charge >= 0.3 is 0 Å². The van der Waals surface area contributed by atoms with E-state index < -0.39 is 18.2 Å². The molecule has 1 N–H and O–H groups in total. The Balaban J connectivity index is 2.18. The second kappa shape index (κ2) is 7.24. The van der Waals surface area contributed by atoms with E-state index in [1.807, 2.05) is 6.07 Å². The fourth-order valence-electron chi connectivity index (χ4n) is 2.54. The number of ketones is 1. The van der Waals surface area contributed by atoms with Gasteiger partial charge in [0.2, 0.25) is 0 Å². The molecule has 0 bridgehead atoms. The number of carbonyl (C=O) groups is 2. The lowest BCUT2D eigenvalue weighted by Gasteiger charge is -2.48. The van der Waals surface area contributed by atoms with E-state index in [0.717, 1.165) is 0 Å². The Morgan fingerprint density at radius 3 is 2.65 bits per heavy atom. The summed E-state index contributed by atoms with van der Waals surface area (Å²) in [4.78, 5) is 25.3. The summed E-state index contributed by atoms with van der Waals surface area (Å²) in [7, 11) is 0. The van der Waals surface area contributed by atoms with E-state index >= 15 is 0 Å². The lowest BCUT2D eigenvalue weighted by atomic mass is 9.87. The van der Waals surface area contributed by atoms with Crippen molar-refractivity contribution in [2.45, 2.75) is 31.6 Å². The number of hydrogen-bond acceptors (Lipinski definition) is 4. The molecule has 1 heterocycles. The van der Waals surface area contributed by atoms with E-state index in [0.29, 0.717) is 18.7 Å². The van der Waals surface area contributed by atoms with E-state index in [1.54, 1.807) is 30.3 Å². The van der Waals surface area contributed by atoms with E-state index in [-0.39, 0.29) is 17.3 Å². The molecule has 0 aromatic heterocycles. The van der Waals surface area contributed by atoms with Crippen LogP contribution in [0.4, 0.5) is 0 Å². The van der Waals surface area contributed by atoms with Gasteiger partial charge in [-0.1, -0.05) is 30.9 Å². The SMILES string of the molecule is C=CCCN1C(=O)[C@H](Oc2ccccc2)[C@@H]1[C@H](O)C(=C)C(C)=O. The monoisotopic (exact) mass is 315 g/mol. The van der Waals surface area contributed by atoms with Crippen LogP contribution in [-0.2, 0) is 9.59 Å². The first-order valence-electron chi connectivity index (χ1n) is 7.48. The molecule has 3 atom stereocenters. The first kappa shape index (κ1) is 17.0. The number of hydrogen-bond donors (Lipinski definition) is 1. The average Bonchev–Trinajstić information content (AvgIpc) is 2.56. The number of para-hydroxylation sites is 1. The summed E-state index contributed by atoms with van der Waals surface area (Å²) in [6, 6.07) is 8.29. The van der Waals surface area contributed by atoms with E-state index in [1.165, 1.54) is 11.8 Å². The maximum Gasteiger partial charge on any atom is 0.266 e. The maximum atomic E-state index is 12.3. The fourth-order valence-corrected chi connectivity index (χ4v) is 2.54. The van der Waals surface area contributed by atoms with Crippen molar-refractivity contribution in [3.8, 4) is 5.75 Å². The van der Waals surface area contributed by atoms with Gasteiger partial charge in [-0.2, -0.15) is 0 Å². The van der Waals surface area contributed by atoms with Crippen molar-refractivity contribution in [2.75, 3.05) is 6.54 Å². The van der Waals surface area contributed by atoms with Crippen molar-refractivity contribution in [2.24, 2.45) is 0 Å². The molecular weight excluding hydrogens is 294 g/mol. The number of aliphatic hydroxyl groups excluding tert-OH is 1. The Morgan fingerprint density at radius 1 is 1.43 bits per heavy atom. The van der Waals surface area contributed by atoms with Gasteiger partial charge in [-0.25, -0.2) is 0 Å². The van der Waals surface area contributed by atoms with Crippen LogP contribution in [-0.4, -0.2) is 46.5 Å². The zero-order chi connectivity index (χ0) is 17.0. The lowest BCUT2D eigenvalue weighted by molar-refractivity contribution is -0.170. The molecule has 0 unspecified atom stereocenters. The first-order valence-corrected chi connectivity index (χ1v) is 7.48. The highest BCUT2D eigenvalue weighted by molar-refractivity contribution is 5.95. The van der Waals surface area contributed by atoms with Crippen LogP contribution in [0.5, 0.6) is 5.75 Å². The zero-order valence-corrected chi connectivity index (χ0v) is 13.1. The van der Waals surface area contributed by atoms with Crippen molar-refractivity contribution >= 4 is 11.7 Å². The number of likely N-dealkylation sites (tertiary alicyclic amines) is 1. The van der Waals surface area contributed by atoms with Crippen LogP contribution in [0.2, 0.25) is 0 Å². The van der Waals surface area contributed by atoms with Crippen molar-refractivity contribution in [1.82, 2.24) is 4.90 Å². The minimum atomic E-state index is -1.15. The van der Waals surface area contributed by atoms with Gasteiger partial charge in [-0.05, 0) is 25.5 Å². The van der Waals surface area contributed by atoms with Gasteiger partial charge < -0.3 is 14.7 Å². The molecular formula is C18H21NO4. The number of rotatable bonds is 8. The smallest absolute Gasteiger partial charge is 0.266 e. The van der Waals surface area contributed by atoms with E-state index in [9.17, 15) is 14.7 Å². The number of ether oxygens (including phenoxy) is 1. The Morgan fingerprint density at radius 2 is 2.09 bits per heavy atom. The van der Waals surface area contributed by atoms with E-state index in [4.69, 9.17) is 4.74 Å². The van der Waals surface area contributed by atoms with Gasteiger partial charge in [0, 0.05) is 12.1 Å². The highest BCUT2D eigenvalue weighted by Crippen LogP contribution is 2.30. The molecule has 0 aliphatic carbocycles. The predicted molar refractivity (Wildman–Crippen MR) is 87.0 cm³/mol. The van der Waals surface area contributed by atoms with Gasteiger partial charge in [-0.3, -0.25) is 9.59 Å². The number of aliphatic hydroxyl groups is 1. The average molecular weight is 315 g/mol. The highest BCUT2D eigenvalue weighted by Gasteiger charge is 2.53. The van der Waals surface area contributed by atoms with Gasteiger partial charge in [0.15, 0.2) is 11.9 Å². The number of nitrogens with zero attached hydrogens (tertiary/aromatic N) is 1. The summed E-state index contributed by atoms with van der Waals surface area (Å²) in [5, 5.41) is 10.4. The number of carbonyl (C=O) groups excluding carboxylic acids is 2. The lowest BCUT2D eigenvalue weighted by Crippen LogP contribution is -2.71. The minimum absolute atomic E-state index is 0.0766. The third-order valence-corrected chi connectivity index (χ3v) is 3.91. The predicted octanol–water partition coefficient (Wildman–Crippen LogP) is 1.73. The number of Topliss-reactive ketones (excluding diaryl/α,β-unsaturated/α-hetero) is 1. The van der Waals surface area contributed by atoms with Crippen LogP contribution in [0.25, 0.3) is 0 Å². The van der Waals surface area contributed by atoms with Crippen LogP contribution in [0, 0.1) is 0 Å². The highest BCUT2D eigenvalue weighted by atomic mass is 16.5. The van der Waals surface area contributed by atoms with Crippen LogP contribution in [0.3, 0.4) is 0 Å². The summed E-state index contributed by atoms with van der Waals surface area (Å²) in [5.41, 5.74) is 0.0766. The summed E-state index contributed by atoms with van der Waals surface area (Å²) >= 11 is 0. The third-order valence-electron chi connectivity index (χ3n) is 3.91. The van der Waals surface area contributed by atoms with Gasteiger partial charge in [0.05, 0.1) is 0 Å². The molecule has 1 aromatic carbocycles. The zero-order valence-electron chi connectivity index (χ0n) is 13.1. The van der Waals surface area contributed by atoms with Gasteiger partial charge in [0.25, 0.3) is 5.91 Å². The second-order valence-electron chi connectivity index (χ2n) is 5.48. The van der Waals surface area contributed by atoms with Crippen LogP contribution >= 0.6 is 0 Å². The van der Waals surface area contributed by atoms with Crippen LogP contribution < -0.4 is 4.74 Å². The normalized spacial score (nSPS) is 21.3. The van der Waals surface area contributed by atoms with Crippen LogP contribution in [0.15, 0.2) is 55.1 Å². The van der Waals surface area contributed by atoms with Crippen molar-refractivity contribution in [3.05, 3.63) is 55.1 Å². The summed E-state index contributed by atoms with van der Waals surface area (Å²) in [6.45, 7) is 9.02. The molecule has 2 rings (SSSR count). The molecule has 1 aliphatic heterocycles. The molecule has 0 saturated carbocycles. The molecule has 5 heteroatoms. The molecule has 1 amide bonds. The molecule has 0 radical (unpaired) electrons. The van der Waals surface area contributed by atoms with Crippen molar-refractivity contribution < 1.29 is 19.4 Å². The molecule has 1 aliphatic rings. The number of amides is 1. The van der Waals surface area contributed by atoms with Gasteiger partial charge in [0.1, 0.15) is 17.9 Å². The summed E-state index contributed by atoms with van der Waals surface area (Å²) < 4.78 is 5.71. The minimum Gasteiger partial charge on any atom is -0.478 e.